The number of methoxy groups -OCH3 is 1. The van der Waals surface area contributed by atoms with Crippen LogP contribution in [-0.4, -0.2) is 26.2 Å². The van der Waals surface area contributed by atoms with Crippen LogP contribution >= 0.6 is 11.6 Å². The van der Waals surface area contributed by atoms with Crippen molar-refractivity contribution < 1.29 is 14.3 Å². The molecule has 0 radical (unpaired) electrons. The van der Waals surface area contributed by atoms with Crippen LogP contribution in [0, 0.1) is 0 Å². The lowest BCUT2D eigenvalue weighted by atomic mass is 9.87. The standard InChI is InChI=1S/C22H28ClNO3/c1-21(2,3)16-9-11-19(12-10-16)27-14-20(25)24-15-22(4,26-5)17-7-6-8-18(23)13-17/h6-13H,14-15H2,1-5H3,(H,24,25). The Bertz CT molecular complexity index is 768. The van der Waals surface area contributed by atoms with Gasteiger partial charge in [-0.3, -0.25) is 4.79 Å². The Morgan fingerprint density at radius 1 is 1.04 bits per heavy atom. The van der Waals surface area contributed by atoms with Crippen LogP contribution in [0.15, 0.2) is 48.5 Å². The number of rotatable bonds is 7. The van der Waals surface area contributed by atoms with Gasteiger partial charge in [0.1, 0.15) is 11.4 Å². The van der Waals surface area contributed by atoms with Crippen LogP contribution in [0.2, 0.25) is 5.02 Å². The van der Waals surface area contributed by atoms with E-state index in [9.17, 15) is 4.79 Å². The molecule has 0 saturated heterocycles. The van der Waals surface area contributed by atoms with Crippen molar-refractivity contribution in [3.05, 3.63) is 64.7 Å². The van der Waals surface area contributed by atoms with Crippen molar-refractivity contribution in [3.8, 4) is 5.75 Å². The van der Waals surface area contributed by atoms with Crippen LogP contribution in [0.3, 0.4) is 0 Å². The smallest absolute Gasteiger partial charge is 0.258 e. The third-order valence-corrected chi connectivity index (χ3v) is 4.83. The number of halogens is 1. The Labute approximate surface area is 166 Å². The van der Waals surface area contributed by atoms with Crippen molar-refractivity contribution in [1.82, 2.24) is 5.32 Å². The number of hydrogen-bond acceptors (Lipinski definition) is 3. The largest absolute Gasteiger partial charge is 0.484 e. The summed E-state index contributed by atoms with van der Waals surface area (Å²) < 4.78 is 11.2. The van der Waals surface area contributed by atoms with Crippen molar-refractivity contribution in [1.29, 1.82) is 0 Å². The number of carbonyl (C=O) groups is 1. The zero-order chi connectivity index (χ0) is 20.1. The molecular formula is C22H28ClNO3. The van der Waals surface area contributed by atoms with Gasteiger partial charge in [-0.1, -0.05) is 56.6 Å². The molecule has 0 aliphatic carbocycles. The Morgan fingerprint density at radius 3 is 2.26 bits per heavy atom. The number of amides is 1. The number of benzene rings is 2. The minimum Gasteiger partial charge on any atom is -0.484 e. The van der Waals surface area contributed by atoms with Crippen LogP contribution in [0.4, 0.5) is 0 Å². The van der Waals surface area contributed by atoms with Crippen molar-refractivity contribution >= 4 is 17.5 Å². The summed E-state index contributed by atoms with van der Waals surface area (Å²) in [7, 11) is 1.61. The summed E-state index contributed by atoms with van der Waals surface area (Å²) in [6.07, 6.45) is 0. The van der Waals surface area contributed by atoms with E-state index >= 15 is 0 Å². The lowest BCUT2D eigenvalue weighted by molar-refractivity contribution is -0.124. The maximum Gasteiger partial charge on any atom is 0.258 e. The van der Waals surface area contributed by atoms with Gasteiger partial charge in [-0.2, -0.15) is 0 Å². The molecule has 0 bridgehead atoms. The zero-order valence-corrected chi connectivity index (χ0v) is 17.4. The van der Waals surface area contributed by atoms with E-state index in [-0.39, 0.29) is 17.9 Å². The van der Waals surface area contributed by atoms with Gasteiger partial charge in [-0.25, -0.2) is 0 Å². The normalized spacial score (nSPS) is 13.7. The molecule has 2 aromatic rings. The highest BCUT2D eigenvalue weighted by atomic mass is 35.5. The molecule has 27 heavy (non-hydrogen) atoms. The summed E-state index contributed by atoms with van der Waals surface area (Å²) in [6.45, 7) is 8.64. The lowest BCUT2D eigenvalue weighted by Crippen LogP contribution is -2.41. The summed E-state index contributed by atoms with van der Waals surface area (Å²) in [5.74, 6) is 0.461. The Hall–Kier alpha value is -2.04. The molecule has 2 rings (SSSR count). The van der Waals surface area contributed by atoms with Crippen molar-refractivity contribution in [2.75, 3.05) is 20.3 Å². The zero-order valence-electron chi connectivity index (χ0n) is 16.6. The molecule has 0 spiro atoms. The van der Waals surface area contributed by atoms with Crippen LogP contribution in [-0.2, 0) is 20.5 Å². The average Bonchev–Trinajstić information content (AvgIpc) is 2.64. The fraction of sp³-hybridized carbons (Fsp3) is 0.409. The summed E-state index contributed by atoms with van der Waals surface area (Å²) in [4.78, 5) is 12.2. The SMILES string of the molecule is COC(C)(CNC(=O)COc1ccc(C(C)(C)C)cc1)c1cccc(Cl)c1. The van der Waals surface area contributed by atoms with Gasteiger partial charge in [0.2, 0.25) is 0 Å². The first kappa shape index (κ1) is 21.3. The molecule has 5 heteroatoms. The molecule has 1 amide bonds. The van der Waals surface area contributed by atoms with E-state index in [0.29, 0.717) is 17.3 Å². The summed E-state index contributed by atoms with van der Waals surface area (Å²) in [5.41, 5.74) is 1.53. The Morgan fingerprint density at radius 2 is 1.70 bits per heavy atom. The van der Waals surface area contributed by atoms with Crippen molar-refractivity contribution in [2.24, 2.45) is 0 Å². The van der Waals surface area contributed by atoms with Gasteiger partial charge in [-0.05, 0) is 47.7 Å². The number of hydrogen-bond donors (Lipinski definition) is 1. The van der Waals surface area contributed by atoms with Crippen LogP contribution in [0.25, 0.3) is 0 Å². The molecule has 2 aromatic carbocycles. The predicted octanol–water partition coefficient (Wildman–Crippen LogP) is 4.69. The van der Waals surface area contributed by atoms with Gasteiger partial charge in [0, 0.05) is 12.1 Å². The molecule has 1 atom stereocenters. The van der Waals surface area contributed by atoms with Gasteiger partial charge in [0.25, 0.3) is 5.91 Å². The highest BCUT2D eigenvalue weighted by Crippen LogP contribution is 2.26. The lowest BCUT2D eigenvalue weighted by Gasteiger charge is -2.29. The molecule has 0 saturated carbocycles. The molecule has 146 valence electrons. The highest BCUT2D eigenvalue weighted by Gasteiger charge is 2.27. The number of carbonyl (C=O) groups excluding carboxylic acids is 1. The fourth-order valence-corrected chi connectivity index (χ4v) is 2.82. The maximum absolute atomic E-state index is 12.2. The van der Waals surface area contributed by atoms with Crippen LogP contribution < -0.4 is 10.1 Å². The monoisotopic (exact) mass is 389 g/mol. The Kier molecular flexibility index (Phi) is 6.90. The predicted molar refractivity (Wildman–Crippen MR) is 109 cm³/mol. The maximum atomic E-state index is 12.2. The van der Waals surface area contributed by atoms with E-state index in [1.807, 2.05) is 49.4 Å². The fourth-order valence-electron chi connectivity index (χ4n) is 2.63. The van der Waals surface area contributed by atoms with E-state index in [4.69, 9.17) is 21.1 Å². The van der Waals surface area contributed by atoms with Crippen LogP contribution in [0.1, 0.15) is 38.8 Å². The van der Waals surface area contributed by atoms with Gasteiger partial charge in [-0.15, -0.1) is 0 Å². The first-order valence-corrected chi connectivity index (χ1v) is 9.33. The van der Waals surface area contributed by atoms with E-state index in [1.165, 1.54) is 5.56 Å². The first-order chi connectivity index (χ1) is 12.6. The van der Waals surface area contributed by atoms with Crippen molar-refractivity contribution in [2.45, 2.75) is 38.7 Å². The number of nitrogens with one attached hydrogen (secondary N) is 1. The molecule has 0 aliphatic rings. The topological polar surface area (TPSA) is 47.6 Å². The van der Waals surface area contributed by atoms with E-state index in [0.717, 1.165) is 5.56 Å². The van der Waals surface area contributed by atoms with E-state index in [2.05, 4.69) is 26.1 Å². The van der Waals surface area contributed by atoms with Gasteiger partial charge in [0.05, 0.1) is 6.54 Å². The van der Waals surface area contributed by atoms with Crippen LogP contribution in [0.5, 0.6) is 5.75 Å². The molecule has 0 aromatic heterocycles. The molecule has 0 heterocycles. The molecule has 0 aliphatic heterocycles. The quantitative estimate of drug-likeness (QED) is 0.746. The molecule has 1 N–H and O–H groups in total. The third-order valence-electron chi connectivity index (χ3n) is 4.60. The summed E-state index contributed by atoms with van der Waals surface area (Å²) in [5, 5.41) is 3.49. The second-order valence-electron chi connectivity index (χ2n) is 7.79. The second-order valence-corrected chi connectivity index (χ2v) is 8.22. The minimum atomic E-state index is -0.672. The van der Waals surface area contributed by atoms with E-state index in [1.54, 1.807) is 13.2 Å². The summed E-state index contributed by atoms with van der Waals surface area (Å²) in [6, 6.07) is 15.2. The van der Waals surface area contributed by atoms with Gasteiger partial charge >= 0.3 is 0 Å². The Balaban J connectivity index is 1.90. The second kappa shape index (κ2) is 8.77. The molecule has 4 nitrogen and oxygen atoms in total. The average molecular weight is 390 g/mol. The van der Waals surface area contributed by atoms with Gasteiger partial charge < -0.3 is 14.8 Å². The van der Waals surface area contributed by atoms with Gasteiger partial charge in [0.15, 0.2) is 6.61 Å². The van der Waals surface area contributed by atoms with Crippen molar-refractivity contribution in [3.63, 3.8) is 0 Å². The molecular weight excluding hydrogens is 362 g/mol. The highest BCUT2D eigenvalue weighted by molar-refractivity contribution is 6.30. The first-order valence-electron chi connectivity index (χ1n) is 8.95. The molecule has 1 unspecified atom stereocenters. The number of ether oxygens (including phenoxy) is 2. The summed E-state index contributed by atoms with van der Waals surface area (Å²) >= 11 is 6.06. The minimum absolute atomic E-state index is 0.0514. The van der Waals surface area contributed by atoms with E-state index < -0.39 is 5.60 Å². The third kappa shape index (κ3) is 5.98. The molecule has 0 fully saturated rings.